The highest BCUT2D eigenvalue weighted by Crippen LogP contribution is 2.26. The zero-order valence-corrected chi connectivity index (χ0v) is 15.2. The fourth-order valence-electron chi connectivity index (χ4n) is 2.24. The van der Waals surface area contributed by atoms with Crippen LogP contribution in [-0.4, -0.2) is 23.7 Å². The number of carbonyl (C=O) groups is 2. The number of carbonyl (C=O) groups excluding carboxylic acids is 2. The number of amides is 1. The van der Waals surface area contributed by atoms with E-state index in [0.717, 1.165) is 18.1 Å². The van der Waals surface area contributed by atoms with Crippen molar-refractivity contribution in [1.82, 2.24) is 5.32 Å². The van der Waals surface area contributed by atoms with Crippen molar-refractivity contribution in [3.05, 3.63) is 45.6 Å². The van der Waals surface area contributed by atoms with Gasteiger partial charge in [0.1, 0.15) is 0 Å². The van der Waals surface area contributed by atoms with Gasteiger partial charge in [-0.25, -0.2) is 4.79 Å². The van der Waals surface area contributed by atoms with E-state index in [1.807, 2.05) is 19.1 Å². The molecule has 5 nitrogen and oxygen atoms in total. The van der Waals surface area contributed by atoms with Crippen LogP contribution in [0.25, 0.3) is 0 Å². The molecule has 1 aliphatic heterocycles. The molecule has 1 amide bonds. The van der Waals surface area contributed by atoms with Gasteiger partial charge in [-0.15, -0.1) is 0 Å². The van der Waals surface area contributed by atoms with Crippen molar-refractivity contribution >= 4 is 35.1 Å². The molecule has 7 heteroatoms. The molecule has 0 bridgehead atoms. The van der Waals surface area contributed by atoms with Crippen molar-refractivity contribution in [2.45, 2.75) is 45.4 Å². The topological polar surface area (TPSA) is 64.6 Å². The number of benzene rings is 1. The number of nitrogens with one attached hydrogen (secondary N) is 1. The van der Waals surface area contributed by atoms with Crippen molar-refractivity contribution in [2.24, 2.45) is 0 Å². The third-order valence-electron chi connectivity index (χ3n) is 3.40. The molecular formula is C17H19Cl2NO4. The van der Waals surface area contributed by atoms with Gasteiger partial charge in [-0.05, 0) is 37.5 Å². The molecule has 1 aliphatic rings. The van der Waals surface area contributed by atoms with Crippen LogP contribution in [0.15, 0.2) is 30.0 Å². The van der Waals surface area contributed by atoms with E-state index in [0.29, 0.717) is 16.5 Å². The van der Waals surface area contributed by atoms with Gasteiger partial charge in [-0.3, -0.25) is 4.79 Å². The number of rotatable bonds is 5. The molecule has 1 unspecified atom stereocenters. The van der Waals surface area contributed by atoms with Gasteiger partial charge in [0.2, 0.25) is 17.5 Å². The van der Waals surface area contributed by atoms with E-state index in [2.05, 4.69) is 5.32 Å². The first kappa shape index (κ1) is 18.6. The van der Waals surface area contributed by atoms with Crippen LogP contribution in [0.2, 0.25) is 10.0 Å². The first-order chi connectivity index (χ1) is 11.2. The number of esters is 1. The molecule has 1 saturated heterocycles. The molecule has 1 aromatic carbocycles. The number of hydrogen-bond donors (Lipinski definition) is 1. The molecule has 0 saturated carbocycles. The normalized spacial score (nSPS) is 18.9. The summed E-state index contributed by atoms with van der Waals surface area (Å²) in [4.78, 5) is 23.5. The lowest BCUT2D eigenvalue weighted by molar-refractivity contribution is -0.159. The second-order valence-corrected chi connectivity index (χ2v) is 6.91. The van der Waals surface area contributed by atoms with Crippen LogP contribution in [0, 0.1) is 0 Å². The predicted octanol–water partition coefficient (Wildman–Crippen LogP) is 3.62. The number of aryl methyl sites for hydroxylation is 1. The van der Waals surface area contributed by atoms with Gasteiger partial charge in [0, 0.05) is 19.9 Å². The monoisotopic (exact) mass is 371 g/mol. The van der Waals surface area contributed by atoms with Gasteiger partial charge < -0.3 is 14.8 Å². The lowest BCUT2D eigenvalue weighted by Crippen LogP contribution is -2.32. The Hall–Kier alpha value is -1.72. The predicted molar refractivity (Wildman–Crippen MR) is 91.7 cm³/mol. The molecule has 130 valence electrons. The van der Waals surface area contributed by atoms with E-state index in [9.17, 15) is 9.59 Å². The second-order valence-electron chi connectivity index (χ2n) is 6.10. The van der Waals surface area contributed by atoms with Crippen LogP contribution >= 0.6 is 23.2 Å². The molecular weight excluding hydrogens is 353 g/mol. The Morgan fingerprint density at radius 3 is 2.58 bits per heavy atom. The summed E-state index contributed by atoms with van der Waals surface area (Å²) in [6.07, 6.45) is 2.57. The molecule has 1 N–H and O–H groups in total. The molecule has 24 heavy (non-hydrogen) atoms. The van der Waals surface area contributed by atoms with Crippen molar-refractivity contribution in [1.29, 1.82) is 0 Å². The highest BCUT2D eigenvalue weighted by molar-refractivity contribution is 6.42. The first-order valence-corrected chi connectivity index (χ1v) is 8.30. The molecule has 2 rings (SSSR count). The van der Waals surface area contributed by atoms with Crippen molar-refractivity contribution < 1.29 is 19.1 Å². The molecule has 1 aromatic rings. The van der Waals surface area contributed by atoms with Crippen molar-refractivity contribution in [3.63, 3.8) is 0 Å². The molecule has 1 fully saturated rings. The van der Waals surface area contributed by atoms with E-state index in [1.165, 1.54) is 0 Å². The van der Waals surface area contributed by atoms with Crippen LogP contribution in [0.5, 0.6) is 0 Å². The molecule has 0 radical (unpaired) electrons. The summed E-state index contributed by atoms with van der Waals surface area (Å²) in [7, 11) is 0. The summed E-state index contributed by atoms with van der Waals surface area (Å²) >= 11 is 11.9. The zero-order chi connectivity index (χ0) is 17.9. The van der Waals surface area contributed by atoms with E-state index < -0.39 is 17.7 Å². The summed E-state index contributed by atoms with van der Waals surface area (Å²) in [6, 6.07) is 5.37. The summed E-state index contributed by atoms with van der Waals surface area (Å²) < 4.78 is 10.2. The molecule has 1 atom stereocenters. The van der Waals surface area contributed by atoms with Crippen LogP contribution < -0.4 is 5.32 Å². The van der Waals surface area contributed by atoms with E-state index in [1.54, 1.807) is 19.9 Å². The minimum absolute atomic E-state index is 0.0887. The third-order valence-corrected chi connectivity index (χ3v) is 4.14. The van der Waals surface area contributed by atoms with Crippen molar-refractivity contribution in [2.75, 3.05) is 0 Å². The van der Waals surface area contributed by atoms with E-state index in [4.69, 9.17) is 32.7 Å². The quantitative estimate of drug-likeness (QED) is 0.633. The number of cyclic esters (lactones) is 1. The third kappa shape index (κ3) is 5.14. The van der Waals surface area contributed by atoms with Crippen LogP contribution in [0.1, 0.15) is 32.8 Å². The number of hydrogen-bond acceptors (Lipinski definition) is 4. The Labute approximate surface area is 150 Å². The first-order valence-electron chi connectivity index (χ1n) is 7.55. The maximum Gasteiger partial charge on any atom is 0.377 e. The van der Waals surface area contributed by atoms with Crippen LogP contribution in [0.4, 0.5) is 0 Å². The number of ether oxygens (including phenoxy) is 2. The van der Waals surface area contributed by atoms with Gasteiger partial charge >= 0.3 is 5.97 Å². The van der Waals surface area contributed by atoms with E-state index in [-0.39, 0.29) is 11.8 Å². The maximum atomic E-state index is 12.0. The summed E-state index contributed by atoms with van der Waals surface area (Å²) in [5, 5.41) is 3.81. The van der Waals surface area contributed by atoms with Gasteiger partial charge in [0.05, 0.1) is 16.1 Å². The van der Waals surface area contributed by atoms with Crippen molar-refractivity contribution in [3.8, 4) is 0 Å². The molecule has 0 aliphatic carbocycles. The molecule has 1 heterocycles. The summed E-state index contributed by atoms with van der Waals surface area (Å²) in [5.41, 5.74) is 1.04. The lowest BCUT2D eigenvalue weighted by atomic mass is 10.1. The minimum Gasteiger partial charge on any atom is -0.445 e. The average Bonchev–Trinajstić information content (AvgIpc) is 2.72. The Balaban J connectivity index is 1.85. The van der Waals surface area contributed by atoms with Crippen LogP contribution in [0.3, 0.4) is 0 Å². The largest absolute Gasteiger partial charge is 0.445 e. The highest BCUT2D eigenvalue weighted by Gasteiger charge is 2.37. The second kappa shape index (κ2) is 7.45. The number of halogens is 2. The van der Waals surface area contributed by atoms with Gasteiger partial charge in [0.25, 0.3) is 0 Å². The Kier molecular flexibility index (Phi) is 5.78. The van der Waals surface area contributed by atoms with Gasteiger partial charge in [-0.2, -0.15) is 0 Å². The molecule has 0 spiro atoms. The Bertz CT molecular complexity index is 685. The maximum absolute atomic E-state index is 12.0. The van der Waals surface area contributed by atoms with Crippen LogP contribution in [-0.2, 0) is 25.5 Å². The fraction of sp³-hybridized carbons (Fsp3) is 0.412. The fourth-order valence-corrected chi connectivity index (χ4v) is 2.56. The zero-order valence-electron chi connectivity index (χ0n) is 13.7. The highest BCUT2D eigenvalue weighted by atomic mass is 35.5. The summed E-state index contributed by atoms with van der Waals surface area (Å²) in [6.45, 7) is 5.08. The van der Waals surface area contributed by atoms with Gasteiger partial charge in [-0.1, -0.05) is 29.3 Å². The lowest BCUT2D eigenvalue weighted by Gasteiger charge is -2.14. The van der Waals surface area contributed by atoms with Gasteiger partial charge in [0.15, 0.2) is 0 Å². The Morgan fingerprint density at radius 1 is 1.29 bits per heavy atom. The minimum atomic E-state index is -1.04. The summed E-state index contributed by atoms with van der Waals surface area (Å²) in [5.74, 6) is -2.17. The average molecular weight is 372 g/mol. The SMILES string of the molecule is CC(CCc1ccc(Cl)c(Cl)c1)NC(=O)C=C1OC(C)(C)OC1=O. The molecule has 0 aromatic heterocycles. The standard InChI is InChI=1S/C17H19Cl2NO4/c1-10(4-5-11-6-7-12(18)13(19)8-11)20-15(21)9-14-16(22)24-17(2,3)23-14/h6-10H,4-5H2,1-3H3,(H,20,21). The van der Waals surface area contributed by atoms with E-state index >= 15 is 0 Å². The smallest absolute Gasteiger partial charge is 0.377 e. The Morgan fingerprint density at radius 2 is 2.00 bits per heavy atom.